The number of carbonyl (C=O) groups excluding carboxylic acids is 1. The van der Waals surface area contributed by atoms with E-state index >= 15 is 0 Å². The van der Waals surface area contributed by atoms with Crippen LogP contribution in [0.15, 0.2) is 24.3 Å². The predicted molar refractivity (Wildman–Crippen MR) is 96.4 cm³/mol. The summed E-state index contributed by atoms with van der Waals surface area (Å²) in [7, 11) is 0. The van der Waals surface area contributed by atoms with Crippen LogP contribution in [-0.2, 0) is 16.0 Å². The number of nitrogens with zero attached hydrogens (tertiary/aromatic N) is 1. The van der Waals surface area contributed by atoms with Crippen LogP contribution >= 0.6 is 12.4 Å². The molecule has 2 saturated heterocycles. The highest BCUT2D eigenvalue weighted by Gasteiger charge is 2.39. The fourth-order valence-corrected chi connectivity index (χ4v) is 4.42. The molecule has 3 aliphatic rings. The SMILES string of the molecule is Cl.O=C(C1OCCc2ccccc21)N1CCC2(CCNCC2)CC1. The molecule has 1 atom stereocenters. The van der Waals surface area contributed by atoms with E-state index in [1.165, 1.54) is 18.4 Å². The van der Waals surface area contributed by atoms with E-state index in [0.29, 0.717) is 12.0 Å². The van der Waals surface area contributed by atoms with Gasteiger partial charge in [0.05, 0.1) is 6.61 Å². The first-order valence-electron chi connectivity index (χ1n) is 8.96. The Kier molecular flexibility index (Phi) is 5.48. The molecule has 3 aliphatic heterocycles. The summed E-state index contributed by atoms with van der Waals surface area (Å²) in [6.07, 6.45) is 5.34. The minimum Gasteiger partial charge on any atom is -0.363 e. The third kappa shape index (κ3) is 3.32. The largest absolute Gasteiger partial charge is 0.363 e. The van der Waals surface area contributed by atoms with Gasteiger partial charge in [0.25, 0.3) is 5.91 Å². The van der Waals surface area contributed by atoms with Crippen LogP contribution in [-0.4, -0.2) is 43.6 Å². The zero-order valence-electron chi connectivity index (χ0n) is 14.1. The molecule has 0 bridgehead atoms. The van der Waals surface area contributed by atoms with Crippen molar-refractivity contribution in [1.82, 2.24) is 10.2 Å². The van der Waals surface area contributed by atoms with Gasteiger partial charge in [0, 0.05) is 13.1 Å². The van der Waals surface area contributed by atoms with Gasteiger partial charge in [0.1, 0.15) is 0 Å². The lowest BCUT2D eigenvalue weighted by Crippen LogP contribution is -2.48. The average molecular weight is 351 g/mol. The molecule has 5 heteroatoms. The molecule has 1 N–H and O–H groups in total. The fourth-order valence-electron chi connectivity index (χ4n) is 4.42. The number of piperidine rings is 2. The maximum Gasteiger partial charge on any atom is 0.256 e. The smallest absolute Gasteiger partial charge is 0.256 e. The Bertz CT molecular complexity index is 576. The lowest BCUT2D eigenvalue weighted by molar-refractivity contribution is -0.147. The van der Waals surface area contributed by atoms with Gasteiger partial charge in [-0.2, -0.15) is 0 Å². The van der Waals surface area contributed by atoms with Gasteiger partial charge >= 0.3 is 0 Å². The van der Waals surface area contributed by atoms with Crippen LogP contribution in [0.4, 0.5) is 0 Å². The second-order valence-electron chi connectivity index (χ2n) is 7.27. The summed E-state index contributed by atoms with van der Waals surface area (Å²) >= 11 is 0. The molecule has 2 fully saturated rings. The van der Waals surface area contributed by atoms with Gasteiger partial charge in [-0.3, -0.25) is 4.79 Å². The van der Waals surface area contributed by atoms with Crippen LogP contribution in [0.2, 0.25) is 0 Å². The summed E-state index contributed by atoms with van der Waals surface area (Å²) in [6.45, 7) is 4.69. The summed E-state index contributed by atoms with van der Waals surface area (Å²) in [5, 5.41) is 3.45. The van der Waals surface area contributed by atoms with Gasteiger partial charge in [-0.25, -0.2) is 0 Å². The number of rotatable bonds is 1. The number of carbonyl (C=O) groups is 1. The summed E-state index contributed by atoms with van der Waals surface area (Å²) in [6, 6.07) is 8.23. The first-order chi connectivity index (χ1) is 11.3. The minimum atomic E-state index is -0.387. The van der Waals surface area contributed by atoms with E-state index in [1.807, 2.05) is 17.0 Å². The van der Waals surface area contributed by atoms with Crippen molar-refractivity contribution in [2.45, 2.75) is 38.2 Å². The van der Waals surface area contributed by atoms with Gasteiger partial charge < -0.3 is 15.0 Å². The van der Waals surface area contributed by atoms with E-state index in [0.717, 1.165) is 51.0 Å². The number of fused-ring (bicyclic) bond motifs is 1. The molecule has 3 heterocycles. The van der Waals surface area contributed by atoms with Crippen LogP contribution < -0.4 is 5.32 Å². The summed E-state index contributed by atoms with van der Waals surface area (Å²) in [5.74, 6) is 0.168. The van der Waals surface area contributed by atoms with Crippen LogP contribution in [0, 0.1) is 5.41 Å². The third-order valence-electron chi connectivity index (χ3n) is 6.02. The topological polar surface area (TPSA) is 41.6 Å². The molecule has 0 aliphatic carbocycles. The molecule has 1 aromatic rings. The molecule has 1 spiro atoms. The summed E-state index contributed by atoms with van der Waals surface area (Å²) in [4.78, 5) is 15.0. The summed E-state index contributed by atoms with van der Waals surface area (Å²) < 4.78 is 5.86. The maximum absolute atomic E-state index is 13.0. The molecular weight excluding hydrogens is 324 g/mol. The van der Waals surface area contributed by atoms with E-state index in [2.05, 4.69) is 17.4 Å². The van der Waals surface area contributed by atoms with E-state index in [4.69, 9.17) is 4.74 Å². The number of halogens is 1. The highest BCUT2D eigenvalue weighted by atomic mass is 35.5. The standard InChI is InChI=1S/C19H26N2O2.ClH/c22-18(17-16-4-2-1-3-15(16)5-14-23-17)21-12-8-19(9-13-21)6-10-20-11-7-19;/h1-4,17,20H,5-14H2;1H. The quantitative estimate of drug-likeness (QED) is 0.846. The Morgan fingerprint density at radius 1 is 1.12 bits per heavy atom. The lowest BCUT2D eigenvalue weighted by Gasteiger charge is -2.45. The number of hydrogen-bond acceptors (Lipinski definition) is 3. The van der Waals surface area contributed by atoms with E-state index in [-0.39, 0.29) is 24.4 Å². The Balaban J connectivity index is 0.00000169. The van der Waals surface area contributed by atoms with E-state index in [1.54, 1.807) is 0 Å². The highest BCUT2D eigenvalue weighted by molar-refractivity contribution is 5.85. The van der Waals surface area contributed by atoms with Crippen molar-refractivity contribution in [2.75, 3.05) is 32.8 Å². The first kappa shape index (κ1) is 17.7. The average Bonchev–Trinajstić information content (AvgIpc) is 2.62. The normalized spacial score (nSPS) is 25.7. The van der Waals surface area contributed by atoms with Crippen molar-refractivity contribution >= 4 is 18.3 Å². The molecular formula is C19H27ClN2O2. The number of benzene rings is 1. The number of hydrogen-bond donors (Lipinski definition) is 1. The number of nitrogens with one attached hydrogen (secondary N) is 1. The van der Waals surface area contributed by atoms with E-state index < -0.39 is 0 Å². The number of likely N-dealkylation sites (tertiary alicyclic amines) is 1. The Morgan fingerprint density at radius 2 is 1.83 bits per heavy atom. The second kappa shape index (κ2) is 7.42. The molecule has 1 amide bonds. The molecule has 1 unspecified atom stereocenters. The molecule has 1 aromatic carbocycles. The molecule has 0 aromatic heterocycles. The molecule has 132 valence electrons. The third-order valence-corrected chi connectivity index (χ3v) is 6.02. The maximum atomic E-state index is 13.0. The molecule has 4 nitrogen and oxygen atoms in total. The van der Waals surface area contributed by atoms with Gasteiger partial charge in [-0.15, -0.1) is 12.4 Å². The van der Waals surface area contributed by atoms with Gasteiger partial charge in [-0.1, -0.05) is 24.3 Å². The van der Waals surface area contributed by atoms with Crippen LogP contribution in [0.25, 0.3) is 0 Å². The fraction of sp³-hybridized carbons (Fsp3) is 0.632. The number of ether oxygens (including phenoxy) is 1. The van der Waals surface area contributed by atoms with Crippen molar-refractivity contribution in [3.05, 3.63) is 35.4 Å². The van der Waals surface area contributed by atoms with Crippen LogP contribution in [0.5, 0.6) is 0 Å². The van der Waals surface area contributed by atoms with Crippen molar-refractivity contribution in [3.8, 4) is 0 Å². The molecule has 24 heavy (non-hydrogen) atoms. The van der Waals surface area contributed by atoms with Gasteiger partial charge in [0.2, 0.25) is 0 Å². The Morgan fingerprint density at radius 3 is 2.58 bits per heavy atom. The summed E-state index contributed by atoms with van der Waals surface area (Å²) in [5.41, 5.74) is 2.82. The van der Waals surface area contributed by atoms with Crippen molar-refractivity contribution in [1.29, 1.82) is 0 Å². The predicted octanol–water partition coefficient (Wildman–Crippen LogP) is 2.71. The van der Waals surface area contributed by atoms with Crippen molar-refractivity contribution in [3.63, 3.8) is 0 Å². The Labute approximate surface area is 150 Å². The highest BCUT2D eigenvalue weighted by Crippen LogP contribution is 2.40. The van der Waals surface area contributed by atoms with Gasteiger partial charge in [0.15, 0.2) is 6.10 Å². The zero-order chi connectivity index (χ0) is 15.7. The molecule has 0 saturated carbocycles. The monoisotopic (exact) mass is 350 g/mol. The van der Waals surface area contributed by atoms with Crippen molar-refractivity contribution in [2.24, 2.45) is 5.41 Å². The van der Waals surface area contributed by atoms with Gasteiger partial charge in [-0.05, 0) is 61.7 Å². The first-order valence-corrected chi connectivity index (χ1v) is 8.96. The Hall–Kier alpha value is -1.10. The zero-order valence-corrected chi connectivity index (χ0v) is 14.9. The van der Waals surface area contributed by atoms with Crippen LogP contribution in [0.3, 0.4) is 0 Å². The van der Waals surface area contributed by atoms with Crippen molar-refractivity contribution < 1.29 is 9.53 Å². The second-order valence-corrected chi connectivity index (χ2v) is 7.27. The molecule has 0 radical (unpaired) electrons. The van der Waals surface area contributed by atoms with E-state index in [9.17, 15) is 4.79 Å². The molecule has 4 rings (SSSR count). The lowest BCUT2D eigenvalue weighted by atomic mass is 9.71. The minimum absolute atomic E-state index is 0. The number of amides is 1. The van der Waals surface area contributed by atoms with Crippen LogP contribution in [0.1, 0.15) is 42.9 Å².